The third kappa shape index (κ3) is 7.85. The van der Waals surface area contributed by atoms with Crippen LogP contribution in [0.15, 0.2) is 0 Å². The van der Waals surface area contributed by atoms with Crippen molar-refractivity contribution in [3.63, 3.8) is 0 Å². The van der Waals surface area contributed by atoms with Crippen molar-refractivity contribution < 1.29 is 27.2 Å². The molecule has 1 fully saturated rings. The molecule has 1 heterocycles. The van der Waals surface area contributed by atoms with Gasteiger partial charge in [0.15, 0.2) is 0 Å². The Morgan fingerprint density at radius 1 is 1.07 bits per heavy atom. The molecule has 0 saturated carbocycles. The molecule has 0 aromatic rings. The maximum atomic E-state index is 12.5. The van der Waals surface area contributed by atoms with Crippen LogP contribution in [0.5, 0.6) is 0 Å². The van der Waals surface area contributed by atoms with E-state index in [1.54, 1.807) is 0 Å². The summed E-state index contributed by atoms with van der Waals surface area (Å²) in [7, 11) is -4.50. The van der Waals surface area contributed by atoms with Gasteiger partial charge in [-0.3, -0.25) is 9.36 Å². The van der Waals surface area contributed by atoms with Crippen molar-refractivity contribution in [2.24, 2.45) is 5.92 Å². The minimum absolute atomic E-state index is 0.154. The number of hydrogen-bond acceptors (Lipinski definition) is 7. The van der Waals surface area contributed by atoms with Gasteiger partial charge in [0, 0.05) is 39.0 Å². The Kier molecular flexibility index (Phi) is 12.0. The van der Waals surface area contributed by atoms with Crippen LogP contribution in [-0.4, -0.2) is 73.9 Å². The first-order chi connectivity index (χ1) is 13.4. The number of rotatable bonds is 15. The Balaban J connectivity index is 2.46. The monoisotopic (exact) mass is 435 g/mol. The van der Waals surface area contributed by atoms with E-state index in [9.17, 15) is 4.79 Å². The molecule has 0 amide bonds. The van der Waals surface area contributed by atoms with E-state index in [4.69, 9.17) is 22.4 Å². The van der Waals surface area contributed by atoms with Crippen molar-refractivity contribution in [3.05, 3.63) is 0 Å². The zero-order chi connectivity index (χ0) is 21.0. The highest BCUT2D eigenvalue weighted by Gasteiger charge is 2.49. The third-order valence-electron chi connectivity index (χ3n) is 4.96. The van der Waals surface area contributed by atoms with E-state index in [-0.39, 0.29) is 11.9 Å². The molecular weight excluding hydrogens is 394 g/mol. The minimum Gasteiger partial charge on any atom is -0.465 e. The van der Waals surface area contributed by atoms with Crippen LogP contribution in [0.1, 0.15) is 47.5 Å². The molecule has 1 saturated heterocycles. The minimum atomic E-state index is -2.35. The van der Waals surface area contributed by atoms with E-state index >= 15 is 0 Å². The molecule has 166 valence electrons. The summed E-state index contributed by atoms with van der Waals surface area (Å²) in [6.45, 7) is 16.5. The first-order valence-electron chi connectivity index (χ1n) is 10.8. The predicted octanol–water partition coefficient (Wildman–Crippen LogP) is 3.42. The standard InChI is InChI=1S/C19H41NO6Si2/c1-7-23-27(6,24-8-2)15-12-14-22-19(21)18(5)17-20-13-11-16-28(20,25-9-3)26-10-4/h18H,7-17H2,1-6H3. The highest BCUT2D eigenvalue weighted by Crippen LogP contribution is 2.29. The summed E-state index contributed by atoms with van der Waals surface area (Å²) in [5, 5.41) is 0. The summed E-state index contributed by atoms with van der Waals surface area (Å²) in [5.74, 6) is -0.354. The number of hydrogen-bond donors (Lipinski definition) is 0. The molecule has 28 heavy (non-hydrogen) atoms. The van der Waals surface area contributed by atoms with Crippen LogP contribution in [0, 0.1) is 5.92 Å². The lowest BCUT2D eigenvalue weighted by Crippen LogP contribution is -2.56. The molecule has 0 aromatic carbocycles. The fraction of sp³-hybridized carbons (Fsp3) is 0.947. The Hall–Kier alpha value is -0.296. The normalized spacial score (nSPS) is 18.4. The van der Waals surface area contributed by atoms with E-state index in [0.717, 1.165) is 31.5 Å². The van der Waals surface area contributed by atoms with Crippen molar-refractivity contribution in [2.75, 3.05) is 46.1 Å². The Bertz CT molecular complexity index is 442. The van der Waals surface area contributed by atoms with Crippen molar-refractivity contribution in [1.82, 2.24) is 4.57 Å². The summed E-state index contributed by atoms with van der Waals surface area (Å²) in [6.07, 6.45) is 1.83. The second-order valence-electron chi connectivity index (χ2n) is 7.30. The third-order valence-corrected chi connectivity index (χ3v) is 11.9. The maximum Gasteiger partial charge on any atom is 0.427 e. The van der Waals surface area contributed by atoms with E-state index in [1.807, 2.05) is 34.6 Å². The molecule has 1 aliphatic heterocycles. The van der Waals surface area contributed by atoms with E-state index in [2.05, 4.69) is 11.1 Å². The molecule has 7 nitrogen and oxygen atoms in total. The summed E-state index contributed by atoms with van der Waals surface area (Å²) >= 11 is 0. The Labute approximate surface area is 173 Å². The molecule has 0 aromatic heterocycles. The van der Waals surface area contributed by atoms with Crippen molar-refractivity contribution in [3.8, 4) is 0 Å². The summed E-state index contributed by atoms with van der Waals surface area (Å²) in [4.78, 5) is 12.5. The van der Waals surface area contributed by atoms with Gasteiger partial charge in [0.2, 0.25) is 0 Å². The molecular formula is C19H41NO6Si2. The second-order valence-corrected chi connectivity index (χ2v) is 13.8. The smallest absolute Gasteiger partial charge is 0.427 e. The van der Waals surface area contributed by atoms with Crippen molar-refractivity contribution in [2.45, 2.75) is 66.1 Å². The molecule has 0 N–H and O–H groups in total. The van der Waals surface area contributed by atoms with Gasteiger partial charge in [-0.15, -0.1) is 0 Å². The number of nitrogens with zero attached hydrogens (tertiary/aromatic N) is 1. The number of carbonyl (C=O) groups excluding carboxylic acids is 1. The van der Waals surface area contributed by atoms with Gasteiger partial charge in [-0.25, -0.2) is 0 Å². The highest BCUT2D eigenvalue weighted by molar-refractivity contribution is 6.66. The maximum absolute atomic E-state index is 12.5. The van der Waals surface area contributed by atoms with Crippen molar-refractivity contribution >= 4 is 23.3 Å². The molecule has 1 atom stereocenters. The lowest BCUT2D eigenvalue weighted by atomic mass is 10.2. The molecule has 0 radical (unpaired) electrons. The number of ether oxygens (including phenoxy) is 1. The number of carbonyl (C=O) groups is 1. The molecule has 0 spiro atoms. The quantitative estimate of drug-likeness (QED) is 0.222. The topological polar surface area (TPSA) is 66.5 Å². The predicted molar refractivity (Wildman–Crippen MR) is 114 cm³/mol. The molecule has 0 bridgehead atoms. The van der Waals surface area contributed by atoms with Crippen molar-refractivity contribution in [1.29, 1.82) is 0 Å². The molecule has 0 aliphatic carbocycles. The van der Waals surface area contributed by atoms with Crippen LogP contribution in [0.2, 0.25) is 18.6 Å². The molecule has 1 aliphatic rings. The van der Waals surface area contributed by atoms with E-state index in [0.29, 0.717) is 39.6 Å². The molecule has 1 rings (SSSR count). The van der Waals surface area contributed by atoms with Gasteiger partial charge in [0.05, 0.1) is 12.5 Å². The van der Waals surface area contributed by atoms with E-state index in [1.165, 1.54) is 0 Å². The summed E-state index contributed by atoms with van der Waals surface area (Å²) in [5.41, 5.74) is 0. The lowest BCUT2D eigenvalue weighted by Gasteiger charge is -2.35. The van der Waals surface area contributed by atoms with Crippen LogP contribution in [0.3, 0.4) is 0 Å². The summed E-state index contributed by atoms with van der Waals surface area (Å²) in [6, 6.07) is 1.79. The van der Waals surface area contributed by atoms with Gasteiger partial charge in [-0.2, -0.15) is 0 Å². The van der Waals surface area contributed by atoms with Crippen LogP contribution < -0.4 is 0 Å². The van der Waals surface area contributed by atoms with Gasteiger partial charge in [0.1, 0.15) is 0 Å². The first kappa shape index (κ1) is 25.7. The van der Waals surface area contributed by atoms with Gasteiger partial charge in [0.25, 0.3) is 0 Å². The SMILES string of the molecule is CCO[Si](C)(CCCOC(=O)C(C)CN1CCC[Si]1(OCC)OCC)OCC. The number of esters is 1. The largest absolute Gasteiger partial charge is 0.465 e. The van der Waals surface area contributed by atoms with Gasteiger partial charge in [-0.1, -0.05) is 6.92 Å². The molecule has 1 unspecified atom stereocenters. The zero-order valence-corrected chi connectivity index (χ0v) is 20.8. The van der Waals surface area contributed by atoms with Gasteiger partial charge < -0.3 is 22.4 Å². The Morgan fingerprint density at radius 2 is 1.68 bits per heavy atom. The lowest BCUT2D eigenvalue weighted by molar-refractivity contribution is -0.148. The van der Waals surface area contributed by atoms with Crippen LogP contribution in [0.25, 0.3) is 0 Å². The fourth-order valence-electron chi connectivity index (χ4n) is 3.78. The second kappa shape index (κ2) is 13.1. The zero-order valence-electron chi connectivity index (χ0n) is 18.8. The summed E-state index contributed by atoms with van der Waals surface area (Å²) < 4.78 is 31.6. The Morgan fingerprint density at radius 3 is 2.21 bits per heavy atom. The van der Waals surface area contributed by atoms with Crippen LogP contribution >= 0.6 is 0 Å². The average molecular weight is 436 g/mol. The molecule has 9 heteroatoms. The average Bonchev–Trinajstić information content (AvgIpc) is 3.01. The first-order valence-corrected chi connectivity index (χ1v) is 15.3. The van der Waals surface area contributed by atoms with E-state index < -0.39 is 17.3 Å². The van der Waals surface area contributed by atoms with Gasteiger partial charge >= 0.3 is 23.3 Å². The van der Waals surface area contributed by atoms with Crippen LogP contribution in [0.4, 0.5) is 0 Å². The highest BCUT2D eigenvalue weighted by atomic mass is 28.4. The van der Waals surface area contributed by atoms with Gasteiger partial charge in [-0.05, 0) is 59.7 Å². The van der Waals surface area contributed by atoms with Crippen LogP contribution in [-0.2, 0) is 27.2 Å². The fourth-order valence-corrected chi connectivity index (χ4v) is 9.77.